The molecule has 0 spiro atoms. The Labute approximate surface area is 88.1 Å². The highest BCUT2D eigenvalue weighted by Crippen LogP contribution is 2.34. The second-order valence-corrected chi connectivity index (χ2v) is 4.95. The quantitative estimate of drug-likeness (QED) is 0.826. The number of nitrogens with two attached hydrogens (primary N) is 1. The van der Waals surface area contributed by atoms with Crippen molar-refractivity contribution in [1.29, 1.82) is 0 Å². The molecule has 0 saturated heterocycles. The Morgan fingerprint density at radius 3 is 2.85 bits per heavy atom. The van der Waals surface area contributed by atoms with Crippen molar-refractivity contribution in [3.63, 3.8) is 0 Å². The van der Waals surface area contributed by atoms with E-state index in [1.165, 1.54) is 0 Å². The van der Waals surface area contributed by atoms with Crippen molar-refractivity contribution in [2.45, 2.75) is 6.92 Å². The Hall–Kier alpha value is -0.810. The van der Waals surface area contributed by atoms with E-state index < -0.39 is 0 Å². The Morgan fingerprint density at radius 2 is 2.38 bits per heavy atom. The Kier molecular flexibility index (Phi) is 2.13. The normalized spacial score (nSPS) is 10.6. The fourth-order valence-corrected chi connectivity index (χ4v) is 2.42. The van der Waals surface area contributed by atoms with Gasteiger partial charge in [-0.1, -0.05) is 0 Å². The molecule has 0 aliphatic rings. The number of aromatic nitrogens is 2. The van der Waals surface area contributed by atoms with Crippen molar-refractivity contribution in [3.05, 3.63) is 20.8 Å². The molecule has 2 heterocycles. The smallest absolute Gasteiger partial charge is 0.148 e. The zero-order valence-corrected chi connectivity index (χ0v) is 9.37. The lowest BCUT2D eigenvalue weighted by Gasteiger charge is -1.95. The Balaban J connectivity index is 2.59. The summed E-state index contributed by atoms with van der Waals surface area (Å²) in [5, 5.41) is 8.89. The molecule has 0 amide bonds. The molecule has 3 N–H and O–H groups in total. The summed E-state index contributed by atoms with van der Waals surface area (Å²) < 4.78 is 1.10. The number of thiophene rings is 1. The van der Waals surface area contributed by atoms with Gasteiger partial charge in [0, 0.05) is 11.1 Å². The van der Waals surface area contributed by atoms with E-state index in [2.05, 4.69) is 26.1 Å². The third-order valence-electron chi connectivity index (χ3n) is 1.93. The van der Waals surface area contributed by atoms with Crippen LogP contribution < -0.4 is 5.73 Å². The highest BCUT2D eigenvalue weighted by Gasteiger charge is 2.11. The van der Waals surface area contributed by atoms with Crippen LogP contribution in [-0.2, 0) is 0 Å². The number of hydrogen-bond donors (Lipinski definition) is 2. The third kappa shape index (κ3) is 1.38. The third-order valence-corrected chi connectivity index (χ3v) is 3.62. The van der Waals surface area contributed by atoms with E-state index in [0.717, 1.165) is 20.6 Å². The highest BCUT2D eigenvalue weighted by atomic mass is 79.9. The molecule has 0 unspecified atom stereocenters. The van der Waals surface area contributed by atoms with Gasteiger partial charge in [0.2, 0.25) is 0 Å². The van der Waals surface area contributed by atoms with E-state index in [1.807, 2.05) is 18.4 Å². The molecule has 0 atom stereocenters. The number of aromatic amines is 1. The van der Waals surface area contributed by atoms with Crippen molar-refractivity contribution in [2.24, 2.45) is 0 Å². The fourth-order valence-electron chi connectivity index (χ4n) is 1.15. The summed E-state index contributed by atoms with van der Waals surface area (Å²) >= 11 is 5.12. The molecule has 0 saturated carbocycles. The number of nitrogens with one attached hydrogen (secondary N) is 1. The van der Waals surface area contributed by atoms with Gasteiger partial charge in [0.25, 0.3) is 0 Å². The molecule has 0 radical (unpaired) electrons. The van der Waals surface area contributed by atoms with E-state index >= 15 is 0 Å². The van der Waals surface area contributed by atoms with Gasteiger partial charge in [0.15, 0.2) is 0 Å². The standard InChI is InChI=1S/C8H8BrN3S/c1-4-6(11-12-8(4)10)5-2-3-13-7(5)9/h2-3H,1H3,(H3,10,11,12). The van der Waals surface area contributed by atoms with E-state index in [-0.39, 0.29) is 0 Å². The maximum Gasteiger partial charge on any atom is 0.148 e. The molecule has 0 fully saturated rings. The topological polar surface area (TPSA) is 54.7 Å². The number of nitrogens with zero attached hydrogens (tertiary/aromatic N) is 1. The number of hydrogen-bond acceptors (Lipinski definition) is 3. The van der Waals surface area contributed by atoms with Crippen LogP contribution >= 0.6 is 27.3 Å². The molecule has 0 aliphatic carbocycles. The Morgan fingerprint density at radius 1 is 1.62 bits per heavy atom. The maximum atomic E-state index is 5.64. The van der Waals surface area contributed by atoms with Crippen LogP contribution in [0, 0.1) is 6.92 Å². The second kappa shape index (κ2) is 3.16. The number of H-pyrrole nitrogens is 1. The number of halogens is 1. The van der Waals surface area contributed by atoms with Crippen molar-refractivity contribution >= 4 is 33.1 Å². The summed E-state index contributed by atoms with van der Waals surface area (Å²) in [7, 11) is 0. The first-order valence-corrected chi connectivity index (χ1v) is 5.41. The summed E-state index contributed by atoms with van der Waals surface area (Å²) in [6, 6.07) is 2.04. The van der Waals surface area contributed by atoms with Gasteiger partial charge >= 0.3 is 0 Å². The van der Waals surface area contributed by atoms with Gasteiger partial charge in [-0.15, -0.1) is 11.3 Å². The summed E-state index contributed by atoms with van der Waals surface area (Å²) in [5.74, 6) is 0.563. The average molecular weight is 258 g/mol. The van der Waals surface area contributed by atoms with Gasteiger partial charge in [0.05, 0.1) is 9.48 Å². The molecule has 68 valence electrons. The summed E-state index contributed by atoms with van der Waals surface area (Å²) in [4.78, 5) is 0. The molecule has 0 aliphatic heterocycles. The van der Waals surface area contributed by atoms with Gasteiger partial charge < -0.3 is 5.73 Å². The van der Waals surface area contributed by atoms with Crippen LogP contribution in [-0.4, -0.2) is 10.2 Å². The van der Waals surface area contributed by atoms with Crippen molar-refractivity contribution in [1.82, 2.24) is 10.2 Å². The van der Waals surface area contributed by atoms with Gasteiger partial charge in [-0.25, -0.2) is 0 Å². The molecule has 0 aromatic carbocycles. The zero-order valence-electron chi connectivity index (χ0n) is 6.97. The molecule has 5 heteroatoms. The molecule has 2 aromatic rings. The molecule has 2 aromatic heterocycles. The minimum absolute atomic E-state index is 0.563. The fraction of sp³-hybridized carbons (Fsp3) is 0.125. The summed E-state index contributed by atoms with van der Waals surface area (Å²) in [6.07, 6.45) is 0. The molecule has 13 heavy (non-hydrogen) atoms. The minimum Gasteiger partial charge on any atom is -0.382 e. The number of rotatable bonds is 1. The van der Waals surface area contributed by atoms with Crippen molar-refractivity contribution in [3.8, 4) is 11.3 Å². The van der Waals surface area contributed by atoms with Crippen LogP contribution in [0.3, 0.4) is 0 Å². The zero-order chi connectivity index (χ0) is 9.42. The number of nitrogen functional groups attached to an aromatic ring is 1. The minimum atomic E-state index is 0.563. The average Bonchev–Trinajstić information content (AvgIpc) is 2.62. The second-order valence-electron chi connectivity index (χ2n) is 2.72. The first-order chi connectivity index (χ1) is 6.20. The van der Waals surface area contributed by atoms with Gasteiger partial charge in [-0.3, -0.25) is 5.10 Å². The predicted octanol–water partition coefficient (Wildman–Crippen LogP) is 2.79. The van der Waals surface area contributed by atoms with E-state index in [4.69, 9.17) is 5.73 Å². The first kappa shape index (κ1) is 8.77. The van der Waals surface area contributed by atoms with Crippen LogP contribution in [0.15, 0.2) is 15.2 Å². The predicted molar refractivity (Wildman–Crippen MR) is 58.8 cm³/mol. The number of anilines is 1. The molecule has 3 nitrogen and oxygen atoms in total. The van der Waals surface area contributed by atoms with Crippen LogP contribution in [0.5, 0.6) is 0 Å². The highest BCUT2D eigenvalue weighted by molar-refractivity contribution is 9.11. The molecule has 0 bridgehead atoms. The molecular weight excluding hydrogens is 250 g/mol. The maximum absolute atomic E-state index is 5.64. The van der Waals surface area contributed by atoms with Crippen LogP contribution in [0.2, 0.25) is 0 Å². The molecular formula is C8H8BrN3S. The summed E-state index contributed by atoms with van der Waals surface area (Å²) in [5.41, 5.74) is 8.75. The summed E-state index contributed by atoms with van der Waals surface area (Å²) in [6.45, 7) is 1.96. The van der Waals surface area contributed by atoms with Gasteiger partial charge in [0.1, 0.15) is 5.82 Å². The van der Waals surface area contributed by atoms with Gasteiger partial charge in [-0.2, -0.15) is 5.10 Å². The van der Waals surface area contributed by atoms with Crippen molar-refractivity contribution < 1.29 is 0 Å². The first-order valence-electron chi connectivity index (χ1n) is 3.74. The monoisotopic (exact) mass is 257 g/mol. The SMILES string of the molecule is Cc1c(N)n[nH]c1-c1ccsc1Br. The van der Waals surface area contributed by atoms with Gasteiger partial charge in [-0.05, 0) is 34.3 Å². The lowest BCUT2D eigenvalue weighted by molar-refractivity contribution is 1.10. The van der Waals surface area contributed by atoms with E-state index in [9.17, 15) is 0 Å². The lowest BCUT2D eigenvalue weighted by atomic mass is 10.1. The molecule has 2 rings (SSSR count). The van der Waals surface area contributed by atoms with Crippen LogP contribution in [0.25, 0.3) is 11.3 Å². The lowest BCUT2D eigenvalue weighted by Crippen LogP contribution is -1.86. The van der Waals surface area contributed by atoms with Crippen LogP contribution in [0.1, 0.15) is 5.56 Å². The Bertz CT molecular complexity index is 432. The van der Waals surface area contributed by atoms with Crippen LogP contribution in [0.4, 0.5) is 5.82 Å². The van der Waals surface area contributed by atoms with E-state index in [0.29, 0.717) is 5.82 Å². The largest absolute Gasteiger partial charge is 0.382 e. The van der Waals surface area contributed by atoms with E-state index in [1.54, 1.807) is 11.3 Å². The van der Waals surface area contributed by atoms with Crippen molar-refractivity contribution in [2.75, 3.05) is 5.73 Å².